The Morgan fingerprint density at radius 3 is 2.63 bits per heavy atom. The van der Waals surface area contributed by atoms with Crippen LogP contribution in [0, 0.1) is 0 Å². The molecule has 2 atom stereocenters. The van der Waals surface area contributed by atoms with Crippen molar-refractivity contribution in [2.45, 2.75) is 33.0 Å². The molecule has 19 heavy (non-hydrogen) atoms. The lowest BCUT2D eigenvalue weighted by Gasteiger charge is -2.36. The molecule has 2 heterocycles. The number of nitrogens with zero attached hydrogens (tertiary/aromatic N) is 2. The highest BCUT2D eigenvalue weighted by Gasteiger charge is 2.23. The predicted octanol–water partition coefficient (Wildman–Crippen LogP) is 1.87. The van der Waals surface area contributed by atoms with Crippen molar-refractivity contribution in [3.8, 4) is 0 Å². The molecule has 0 saturated carbocycles. The monoisotopic (exact) mass is 264 g/mol. The van der Waals surface area contributed by atoms with Crippen LogP contribution >= 0.6 is 0 Å². The summed E-state index contributed by atoms with van der Waals surface area (Å²) in [4.78, 5) is 18.1. The number of carbonyl (C=O) groups excluding carboxylic acids is 1. The second-order valence-corrected chi connectivity index (χ2v) is 4.79. The Bertz CT molecular complexity index is 423. The third kappa shape index (κ3) is 3.44. The summed E-state index contributed by atoms with van der Waals surface area (Å²) in [6.45, 7) is 7.90. The SMILES string of the molecule is CCOC(=O)c1ccc(N2CC(C)OC(C)C2)nc1. The molecule has 0 amide bonds. The van der Waals surface area contributed by atoms with Crippen LogP contribution in [0.25, 0.3) is 0 Å². The van der Waals surface area contributed by atoms with Crippen LogP contribution in [0.1, 0.15) is 31.1 Å². The minimum Gasteiger partial charge on any atom is -0.462 e. The molecule has 2 unspecified atom stereocenters. The van der Waals surface area contributed by atoms with E-state index in [1.807, 2.05) is 6.07 Å². The zero-order valence-electron chi connectivity index (χ0n) is 11.6. The fourth-order valence-corrected chi connectivity index (χ4v) is 2.27. The molecule has 2 rings (SSSR count). The second-order valence-electron chi connectivity index (χ2n) is 4.79. The summed E-state index contributed by atoms with van der Waals surface area (Å²) in [6.07, 6.45) is 1.95. The molecule has 0 bridgehead atoms. The molecule has 0 N–H and O–H groups in total. The van der Waals surface area contributed by atoms with E-state index in [9.17, 15) is 4.79 Å². The summed E-state index contributed by atoms with van der Waals surface area (Å²) < 4.78 is 10.6. The van der Waals surface area contributed by atoms with Crippen molar-refractivity contribution in [2.75, 3.05) is 24.6 Å². The molecule has 1 saturated heterocycles. The Balaban J connectivity index is 2.07. The largest absolute Gasteiger partial charge is 0.462 e. The van der Waals surface area contributed by atoms with Gasteiger partial charge in [-0.2, -0.15) is 0 Å². The molecule has 0 aromatic carbocycles. The van der Waals surface area contributed by atoms with Gasteiger partial charge in [0.1, 0.15) is 5.82 Å². The fourth-order valence-electron chi connectivity index (χ4n) is 2.27. The smallest absolute Gasteiger partial charge is 0.339 e. The first-order valence-electron chi connectivity index (χ1n) is 6.63. The third-order valence-electron chi connectivity index (χ3n) is 3.00. The first-order chi connectivity index (χ1) is 9.10. The van der Waals surface area contributed by atoms with Gasteiger partial charge < -0.3 is 14.4 Å². The molecule has 1 fully saturated rings. The molecule has 1 aliphatic rings. The van der Waals surface area contributed by atoms with E-state index in [0.29, 0.717) is 12.2 Å². The van der Waals surface area contributed by atoms with Gasteiger partial charge >= 0.3 is 5.97 Å². The van der Waals surface area contributed by atoms with Crippen molar-refractivity contribution in [3.05, 3.63) is 23.9 Å². The Morgan fingerprint density at radius 2 is 2.11 bits per heavy atom. The average molecular weight is 264 g/mol. The lowest BCUT2D eigenvalue weighted by Crippen LogP contribution is -2.45. The van der Waals surface area contributed by atoms with Crippen LogP contribution in [0.3, 0.4) is 0 Å². The van der Waals surface area contributed by atoms with Crippen molar-refractivity contribution in [3.63, 3.8) is 0 Å². The summed E-state index contributed by atoms with van der Waals surface area (Å²) in [5, 5.41) is 0. The van der Waals surface area contributed by atoms with Crippen LogP contribution in [0.2, 0.25) is 0 Å². The molecule has 1 aromatic heterocycles. The molecular weight excluding hydrogens is 244 g/mol. The molecular formula is C14H20N2O3. The number of anilines is 1. The minimum absolute atomic E-state index is 0.190. The first-order valence-corrected chi connectivity index (χ1v) is 6.63. The summed E-state index contributed by atoms with van der Waals surface area (Å²) in [5.41, 5.74) is 0.486. The molecule has 5 heteroatoms. The van der Waals surface area contributed by atoms with Gasteiger partial charge in [0.25, 0.3) is 0 Å². The van der Waals surface area contributed by atoms with Crippen LogP contribution in [-0.2, 0) is 9.47 Å². The van der Waals surface area contributed by atoms with E-state index in [4.69, 9.17) is 9.47 Å². The van der Waals surface area contributed by atoms with E-state index in [1.165, 1.54) is 0 Å². The van der Waals surface area contributed by atoms with Gasteiger partial charge in [0.15, 0.2) is 0 Å². The zero-order valence-corrected chi connectivity index (χ0v) is 11.6. The van der Waals surface area contributed by atoms with E-state index in [-0.39, 0.29) is 18.2 Å². The van der Waals surface area contributed by atoms with Gasteiger partial charge in [0.2, 0.25) is 0 Å². The lowest BCUT2D eigenvalue weighted by molar-refractivity contribution is -0.00547. The predicted molar refractivity (Wildman–Crippen MR) is 72.4 cm³/mol. The summed E-state index contributed by atoms with van der Waals surface area (Å²) in [7, 11) is 0. The number of aromatic nitrogens is 1. The number of rotatable bonds is 3. The summed E-state index contributed by atoms with van der Waals surface area (Å²) in [5.74, 6) is 0.542. The number of carbonyl (C=O) groups is 1. The molecule has 0 radical (unpaired) electrons. The van der Waals surface area contributed by atoms with Gasteiger partial charge in [-0.15, -0.1) is 0 Å². The van der Waals surface area contributed by atoms with Crippen LogP contribution in [0.15, 0.2) is 18.3 Å². The number of morpholine rings is 1. The zero-order chi connectivity index (χ0) is 13.8. The molecule has 5 nitrogen and oxygen atoms in total. The molecule has 0 spiro atoms. The standard InChI is InChI=1S/C14H20N2O3/c1-4-18-14(17)12-5-6-13(15-7-12)16-8-10(2)19-11(3)9-16/h5-7,10-11H,4,8-9H2,1-3H3. The average Bonchev–Trinajstić information content (AvgIpc) is 2.38. The highest BCUT2D eigenvalue weighted by molar-refractivity contribution is 5.89. The van der Waals surface area contributed by atoms with Crippen molar-refractivity contribution in [1.82, 2.24) is 4.98 Å². The van der Waals surface area contributed by atoms with E-state index < -0.39 is 0 Å². The molecule has 1 aliphatic heterocycles. The van der Waals surface area contributed by atoms with Crippen LogP contribution < -0.4 is 4.90 Å². The topological polar surface area (TPSA) is 51.7 Å². The number of hydrogen-bond acceptors (Lipinski definition) is 5. The van der Waals surface area contributed by atoms with Crippen LogP contribution in [0.5, 0.6) is 0 Å². The normalized spacial score (nSPS) is 23.2. The van der Waals surface area contributed by atoms with E-state index in [1.54, 1.807) is 19.2 Å². The Labute approximate surface area is 113 Å². The van der Waals surface area contributed by atoms with Gasteiger partial charge in [-0.1, -0.05) is 0 Å². The molecule has 1 aromatic rings. The molecule has 104 valence electrons. The highest BCUT2D eigenvalue weighted by Crippen LogP contribution is 2.18. The van der Waals surface area contributed by atoms with Gasteiger partial charge in [-0.05, 0) is 32.9 Å². The van der Waals surface area contributed by atoms with Gasteiger partial charge in [-0.3, -0.25) is 0 Å². The minimum atomic E-state index is -0.328. The maximum absolute atomic E-state index is 11.5. The van der Waals surface area contributed by atoms with E-state index >= 15 is 0 Å². The van der Waals surface area contributed by atoms with Gasteiger partial charge in [0, 0.05) is 19.3 Å². The number of ether oxygens (including phenoxy) is 2. The van der Waals surface area contributed by atoms with Crippen LogP contribution in [0.4, 0.5) is 5.82 Å². The van der Waals surface area contributed by atoms with E-state index in [2.05, 4.69) is 23.7 Å². The summed E-state index contributed by atoms with van der Waals surface area (Å²) >= 11 is 0. The molecule has 0 aliphatic carbocycles. The van der Waals surface area contributed by atoms with Gasteiger partial charge in [-0.25, -0.2) is 9.78 Å². The first kappa shape index (κ1) is 13.8. The quantitative estimate of drug-likeness (QED) is 0.780. The van der Waals surface area contributed by atoms with Crippen LogP contribution in [-0.4, -0.2) is 42.9 Å². The highest BCUT2D eigenvalue weighted by atomic mass is 16.5. The van der Waals surface area contributed by atoms with Crippen molar-refractivity contribution in [1.29, 1.82) is 0 Å². The Kier molecular flexibility index (Phi) is 4.37. The number of pyridine rings is 1. The Hall–Kier alpha value is -1.62. The van der Waals surface area contributed by atoms with Crippen molar-refractivity contribution < 1.29 is 14.3 Å². The second kappa shape index (κ2) is 6.02. The third-order valence-corrected chi connectivity index (χ3v) is 3.00. The van der Waals surface area contributed by atoms with Crippen molar-refractivity contribution in [2.24, 2.45) is 0 Å². The number of esters is 1. The summed E-state index contributed by atoms with van der Waals surface area (Å²) in [6, 6.07) is 3.61. The van der Waals surface area contributed by atoms with Crippen molar-refractivity contribution >= 4 is 11.8 Å². The lowest BCUT2D eigenvalue weighted by atomic mass is 10.2. The van der Waals surface area contributed by atoms with Gasteiger partial charge in [0.05, 0.1) is 24.4 Å². The maximum Gasteiger partial charge on any atom is 0.339 e. The maximum atomic E-state index is 11.5. The Morgan fingerprint density at radius 1 is 1.42 bits per heavy atom. The fraction of sp³-hybridized carbons (Fsp3) is 0.571. The van der Waals surface area contributed by atoms with E-state index in [0.717, 1.165) is 18.9 Å². The number of hydrogen-bond donors (Lipinski definition) is 0.